The Balaban J connectivity index is 3.87. The zero-order valence-electron chi connectivity index (χ0n) is 8.97. The van der Waals surface area contributed by atoms with E-state index in [1.807, 2.05) is 0 Å². The molecule has 1 aromatic rings. The largest absolute Gasteiger partial charge is 0.331 e. The second-order valence-corrected chi connectivity index (χ2v) is 6.13. The summed E-state index contributed by atoms with van der Waals surface area (Å²) in [7, 11) is 2.31. The number of hydrogen-bond donors (Lipinski definition) is 0. The molecule has 0 spiro atoms. The molecular weight excluding hydrogens is 256 g/mol. The molecule has 16 heavy (non-hydrogen) atoms. The molecule has 8 heteroatoms. The van der Waals surface area contributed by atoms with Crippen LogP contribution in [0, 0.1) is 0 Å². The molecule has 0 N–H and O–H groups in total. The average molecular weight is 267 g/mol. The van der Waals surface area contributed by atoms with Gasteiger partial charge in [0.2, 0.25) is 0 Å². The van der Waals surface area contributed by atoms with Gasteiger partial charge in [-0.15, -0.1) is 0 Å². The first kappa shape index (κ1) is 13.0. The van der Waals surface area contributed by atoms with E-state index in [-0.39, 0.29) is 0 Å². The van der Waals surface area contributed by atoms with Gasteiger partial charge in [0, 0.05) is 30.0 Å². The Morgan fingerprint density at radius 3 is 2.19 bits per heavy atom. The maximum Gasteiger partial charge on any atom is 0.331 e. The van der Waals surface area contributed by atoms with E-state index in [0.717, 1.165) is 15.3 Å². The molecule has 0 aromatic carbocycles. The van der Waals surface area contributed by atoms with Crippen molar-refractivity contribution in [1.82, 2.24) is 9.13 Å². The predicted octanol–water partition coefficient (Wildman–Crippen LogP) is 0.0554. The Labute approximate surface area is 96.5 Å². The highest BCUT2D eigenvalue weighted by Gasteiger charge is 2.20. The highest BCUT2D eigenvalue weighted by atomic mass is 35.7. The Morgan fingerprint density at radius 1 is 1.31 bits per heavy atom. The number of nitrogens with zero attached hydrogens (tertiary/aromatic N) is 2. The maximum atomic E-state index is 11.7. The zero-order valence-corrected chi connectivity index (χ0v) is 10.5. The number of aromatic nitrogens is 2. The van der Waals surface area contributed by atoms with E-state index in [0.29, 0.717) is 0 Å². The summed E-state index contributed by atoms with van der Waals surface area (Å²) in [5.41, 5.74) is -1.47. The summed E-state index contributed by atoms with van der Waals surface area (Å²) in [6, 6.07) is -0.440. The van der Waals surface area contributed by atoms with E-state index >= 15 is 0 Å². The van der Waals surface area contributed by atoms with Crippen molar-refractivity contribution in [1.29, 1.82) is 0 Å². The first-order valence-electron chi connectivity index (χ1n) is 4.43. The van der Waals surface area contributed by atoms with E-state index in [4.69, 9.17) is 10.7 Å². The molecule has 0 atom stereocenters. The maximum absolute atomic E-state index is 11.7. The molecule has 0 aliphatic carbocycles. The number of hydrogen-bond acceptors (Lipinski definition) is 4. The van der Waals surface area contributed by atoms with Crippen molar-refractivity contribution in [2.45, 2.75) is 24.8 Å². The van der Waals surface area contributed by atoms with Crippen LogP contribution in [0.3, 0.4) is 0 Å². The highest BCUT2D eigenvalue weighted by Crippen LogP contribution is 2.08. The zero-order chi connectivity index (χ0) is 12.7. The lowest BCUT2D eigenvalue weighted by Gasteiger charge is -2.11. The SMILES string of the molecule is CC(C)n1c(=O)c(S(=O)(=O)Cl)cn(C)c1=O. The van der Waals surface area contributed by atoms with Crippen LogP contribution in [0.4, 0.5) is 0 Å². The van der Waals surface area contributed by atoms with Crippen LogP contribution in [0.1, 0.15) is 19.9 Å². The smallest absolute Gasteiger partial charge is 0.302 e. The molecular formula is C8H11ClN2O4S. The lowest BCUT2D eigenvalue weighted by molar-refractivity contribution is 0.506. The standard InChI is InChI=1S/C8H11ClN2O4S/c1-5(2)11-7(12)6(16(9,14)15)4-10(3)8(11)13/h4-5H,1-3H3. The minimum Gasteiger partial charge on any atom is -0.302 e. The van der Waals surface area contributed by atoms with Gasteiger partial charge in [-0.3, -0.25) is 9.36 Å². The topological polar surface area (TPSA) is 78.1 Å². The summed E-state index contributed by atoms with van der Waals surface area (Å²) in [6.45, 7) is 3.21. The summed E-state index contributed by atoms with van der Waals surface area (Å²) in [4.78, 5) is 22.7. The third kappa shape index (κ3) is 2.19. The molecule has 0 saturated heterocycles. The van der Waals surface area contributed by atoms with Crippen LogP contribution >= 0.6 is 10.7 Å². The molecule has 1 aromatic heterocycles. The van der Waals surface area contributed by atoms with Crippen molar-refractivity contribution in [3.63, 3.8) is 0 Å². The molecule has 0 unspecified atom stereocenters. The second-order valence-electron chi connectivity index (χ2n) is 3.59. The van der Waals surface area contributed by atoms with Crippen molar-refractivity contribution in [2.75, 3.05) is 0 Å². The Morgan fingerprint density at radius 2 is 1.81 bits per heavy atom. The van der Waals surface area contributed by atoms with Crippen molar-refractivity contribution < 1.29 is 8.42 Å². The van der Waals surface area contributed by atoms with E-state index in [9.17, 15) is 18.0 Å². The first-order valence-corrected chi connectivity index (χ1v) is 6.74. The molecule has 0 saturated carbocycles. The van der Waals surface area contributed by atoms with E-state index in [1.165, 1.54) is 7.05 Å². The van der Waals surface area contributed by atoms with Gasteiger partial charge in [-0.25, -0.2) is 13.2 Å². The van der Waals surface area contributed by atoms with Crippen molar-refractivity contribution in [2.24, 2.45) is 7.05 Å². The van der Waals surface area contributed by atoms with Gasteiger partial charge < -0.3 is 4.57 Å². The molecule has 0 radical (unpaired) electrons. The van der Waals surface area contributed by atoms with E-state index in [1.54, 1.807) is 13.8 Å². The van der Waals surface area contributed by atoms with Crippen molar-refractivity contribution in [3.8, 4) is 0 Å². The summed E-state index contributed by atoms with van der Waals surface area (Å²) in [5, 5.41) is 0. The van der Waals surface area contributed by atoms with Gasteiger partial charge in [0.1, 0.15) is 0 Å². The molecule has 0 aliphatic rings. The molecule has 0 aliphatic heterocycles. The van der Waals surface area contributed by atoms with Crippen LogP contribution in [-0.2, 0) is 16.1 Å². The van der Waals surface area contributed by atoms with Gasteiger partial charge in [0.15, 0.2) is 4.90 Å². The third-order valence-corrected chi connectivity index (χ3v) is 3.33. The highest BCUT2D eigenvalue weighted by molar-refractivity contribution is 8.13. The predicted molar refractivity (Wildman–Crippen MR) is 59.4 cm³/mol. The average Bonchev–Trinajstić information content (AvgIpc) is 2.09. The molecule has 0 bridgehead atoms. The molecule has 90 valence electrons. The second kappa shape index (κ2) is 4.06. The van der Waals surface area contributed by atoms with E-state index in [2.05, 4.69) is 0 Å². The van der Waals surface area contributed by atoms with Crippen LogP contribution in [-0.4, -0.2) is 17.6 Å². The van der Waals surface area contributed by atoms with Crippen LogP contribution in [0.2, 0.25) is 0 Å². The third-order valence-electron chi connectivity index (χ3n) is 2.03. The van der Waals surface area contributed by atoms with Crippen molar-refractivity contribution in [3.05, 3.63) is 27.0 Å². The minimum absolute atomic E-state index is 0.440. The lowest BCUT2D eigenvalue weighted by atomic mass is 10.4. The quantitative estimate of drug-likeness (QED) is 0.709. The normalized spacial score (nSPS) is 12.1. The lowest BCUT2D eigenvalue weighted by Crippen LogP contribution is -2.41. The number of halogens is 1. The number of rotatable bonds is 2. The fourth-order valence-electron chi connectivity index (χ4n) is 1.28. The van der Waals surface area contributed by atoms with Gasteiger partial charge in [0.25, 0.3) is 14.6 Å². The van der Waals surface area contributed by atoms with Crippen LogP contribution in [0.15, 0.2) is 20.7 Å². The molecule has 0 amide bonds. The van der Waals surface area contributed by atoms with Gasteiger partial charge in [-0.2, -0.15) is 0 Å². The fourth-order valence-corrected chi connectivity index (χ4v) is 2.19. The molecule has 1 rings (SSSR count). The van der Waals surface area contributed by atoms with Crippen LogP contribution in [0.25, 0.3) is 0 Å². The van der Waals surface area contributed by atoms with Gasteiger partial charge in [0.05, 0.1) is 0 Å². The Hall–Kier alpha value is -1.08. The van der Waals surface area contributed by atoms with Crippen molar-refractivity contribution >= 4 is 19.7 Å². The van der Waals surface area contributed by atoms with E-state index < -0.39 is 31.2 Å². The van der Waals surface area contributed by atoms with Crippen LogP contribution < -0.4 is 11.2 Å². The minimum atomic E-state index is -4.15. The number of aryl methyl sites for hydroxylation is 1. The van der Waals surface area contributed by atoms with Gasteiger partial charge in [-0.05, 0) is 13.8 Å². The first-order chi connectivity index (χ1) is 7.16. The summed E-state index contributed by atoms with van der Waals surface area (Å²) in [6.07, 6.45) is 0.922. The summed E-state index contributed by atoms with van der Waals surface area (Å²) in [5.74, 6) is 0. The van der Waals surface area contributed by atoms with Crippen LogP contribution in [0.5, 0.6) is 0 Å². The Bertz CT molecular complexity index is 626. The molecule has 6 nitrogen and oxygen atoms in total. The van der Waals surface area contributed by atoms with Gasteiger partial charge >= 0.3 is 5.69 Å². The van der Waals surface area contributed by atoms with Gasteiger partial charge in [-0.1, -0.05) is 0 Å². The molecule has 1 heterocycles. The fraction of sp³-hybridized carbons (Fsp3) is 0.500. The monoisotopic (exact) mass is 266 g/mol. The molecule has 0 fully saturated rings. The summed E-state index contributed by atoms with van der Waals surface area (Å²) >= 11 is 0. The summed E-state index contributed by atoms with van der Waals surface area (Å²) < 4.78 is 24.1. The Kier molecular flexibility index (Phi) is 3.30.